The van der Waals surface area contributed by atoms with Crippen molar-refractivity contribution in [1.29, 1.82) is 0 Å². The molecular formula is C36H33N2+. The second-order valence-corrected chi connectivity index (χ2v) is 12.5. The molecule has 4 aromatic carbocycles. The molecular weight excluding hydrogens is 460 g/mol. The summed E-state index contributed by atoms with van der Waals surface area (Å²) in [5.74, 6) is 2.48. The van der Waals surface area contributed by atoms with Gasteiger partial charge in [0, 0.05) is 16.8 Å². The molecule has 7 aromatic rings. The maximum absolute atomic E-state index is 2.67. The number of aryl methyl sites for hydroxylation is 4. The molecule has 0 radical (unpaired) electrons. The monoisotopic (exact) mass is 493 g/mol. The largest absolute Gasteiger partial charge is 0.307 e. The van der Waals surface area contributed by atoms with Gasteiger partial charge in [0.2, 0.25) is 5.52 Å². The summed E-state index contributed by atoms with van der Waals surface area (Å²) >= 11 is 0. The van der Waals surface area contributed by atoms with Crippen LogP contribution in [0.25, 0.3) is 59.8 Å². The number of nitrogens with zero attached hydrogens (tertiary/aromatic N) is 2. The van der Waals surface area contributed by atoms with E-state index in [0.29, 0.717) is 5.92 Å². The summed E-state index contributed by atoms with van der Waals surface area (Å²) < 4.78 is 5.05. The van der Waals surface area contributed by atoms with Crippen LogP contribution < -0.4 is 4.57 Å². The highest BCUT2D eigenvalue weighted by atomic mass is 15.0. The van der Waals surface area contributed by atoms with Gasteiger partial charge in [-0.1, -0.05) is 42.8 Å². The van der Waals surface area contributed by atoms with Gasteiger partial charge in [-0.05, 0) is 108 Å². The number of benzene rings is 4. The Morgan fingerprint density at radius 3 is 2.42 bits per heavy atom. The van der Waals surface area contributed by atoms with Crippen molar-refractivity contribution in [3.63, 3.8) is 0 Å². The number of aromatic nitrogens is 2. The zero-order chi connectivity index (χ0) is 25.4. The molecule has 0 spiro atoms. The highest BCUT2D eigenvalue weighted by Gasteiger charge is 2.41. The van der Waals surface area contributed by atoms with Crippen molar-refractivity contribution in [3.8, 4) is 0 Å². The predicted octanol–water partition coefficient (Wildman–Crippen LogP) is 8.80. The van der Waals surface area contributed by atoms with Gasteiger partial charge in [-0.25, -0.2) is 4.57 Å². The van der Waals surface area contributed by atoms with E-state index in [2.05, 4.69) is 97.6 Å². The molecule has 3 unspecified atom stereocenters. The van der Waals surface area contributed by atoms with Crippen LogP contribution in [0.3, 0.4) is 0 Å². The van der Waals surface area contributed by atoms with E-state index in [-0.39, 0.29) is 0 Å². The normalized spacial score (nSPS) is 21.5. The topological polar surface area (TPSA) is 8.29 Å². The third-order valence-corrected chi connectivity index (χ3v) is 10.7. The molecule has 2 bridgehead atoms. The molecule has 2 saturated carbocycles. The number of para-hydroxylation sites is 1. The van der Waals surface area contributed by atoms with Crippen LogP contribution in [-0.2, 0) is 7.05 Å². The SMILES string of the molecule is Cc1cccc2c(C)c3c(c(C)c12)n1c2ccccc2c2c(C4CC5CCC4C5)cc4cc[n+](C)c3c4c21. The number of pyridine rings is 2. The Morgan fingerprint density at radius 2 is 1.61 bits per heavy atom. The lowest BCUT2D eigenvalue weighted by molar-refractivity contribution is -0.643. The van der Waals surface area contributed by atoms with Crippen molar-refractivity contribution >= 4 is 59.8 Å². The van der Waals surface area contributed by atoms with E-state index in [1.165, 1.54) is 102 Å². The van der Waals surface area contributed by atoms with Crippen LogP contribution in [0.1, 0.15) is 53.9 Å². The standard InChI is InChI=1S/C36H33N2/c1-19-8-7-10-25-20(2)31-34(21(3)30(19)25)38-29-11-6-5-9-26(29)33-28(27-17-22-12-13-23(27)16-22)18-24-14-15-37(4)35(31)32(24)36(33)38/h5-11,14-15,18,22-23,27H,12-13,16-17H2,1-4H3/q+1. The summed E-state index contributed by atoms with van der Waals surface area (Å²) in [5.41, 5.74) is 11.3. The summed E-state index contributed by atoms with van der Waals surface area (Å²) in [6.07, 6.45) is 7.96. The smallest absolute Gasteiger partial charge is 0.224 e. The van der Waals surface area contributed by atoms with Gasteiger partial charge in [0.15, 0.2) is 6.20 Å². The second kappa shape index (κ2) is 7.05. The Kier molecular flexibility index (Phi) is 3.95. The zero-order valence-corrected chi connectivity index (χ0v) is 22.7. The van der Waals surface area contributed by atoms with Gasteiger partial charge in [-0.15, -0.1) is 0 Å². The number of rotatable bonds is 1. The third-order valence-electron chi connectivity index (χ3n) is 10.7. The molecule has 3 atom stereocenters. The first-order chi connectivity index (χ1) is 18.5. The van der Waals surface area contributed by atoms with E-state index < -0.39 is 0 Å². The first-order valence-electron chi connectivity index (χ1n) is 14.4. The van der Waals surface area contributed by atoms with E-state index in [1.807, 2.05) is 0 Å². The minimum atomic E-state index is 0.692. The van der Waals surface area contributed by atoms with Crippen LogP contribution in [0.2, 0.25) is 0 Å². The average Bonchev–Trinajstić information content (AvgIpc) is 3.65. The van der Waals surface area contributed by atoms with Crippen molar-refractivity contribution in [2.75, 3.05) is 0 Å². The molecule has 0 N–H and O–H groups in total. The van der Waals surface area contributed by atoms with Crippen LogP contribution in [0.5, 0.6) is 0 Å². The summed E-state index contributed by atoms with van der Waals surface area (Å²) in [5, 5.41) is 9.97. The Morgan fingerprint density at radius 1 is 0.763 bits per heavy atom. The van der Waals surface area contributed by atoms with Crippen molar-refractivity contribution in [2.45, 2.75) is 52.4 Å². The van der Waals surface area contributed by atoms with Crippen molar-refractivity contribution in [1.82, 2.24) is 4.40 Å². The third kappa shape index (κ3) is 2.39. The van der Waals surface area contributed by atoms with E-state index >= 15 is 0 Å². The van der Waals surface area contributed by atoms with E-state index in [0.717, 1.165) is 11.8 Å². The Hall–Kier alpha value is -3.65. The fourth-order valence-electron chi connectivity index (χ4n) is 9.16. The molecule has 2 fully saturated rings. The minimum absolute atomic E-state index is 0.692. The van der Waals surface area contributed by atoms with Gasteiger partial charge in [0.25, 0.3) is 0 Å². The number of hydrogen-bond donors (Lipinski definition) is 0. The zero-order valence-electron chi connectivity index (χ0n) is 22.7. The maximum Gasteiger partial charge on any atom is 0.224 e. The molecule has 3 aromatic heterocycles. The average molecular weight is 494 g/mol. The molecule has 3 heterocycles. The van der Waals surface area contributed by atoms with E-state index in [1.54, 1.807) is 5.56 Å². The fourth-order valence-corrected chi connectivity index (χ4v) is 9.16. The molecule has 0 aliphatic heterocycles. The van der Waals surface area contributed by atoms with Crippen LogP contribution in [-0.4, -0.2) is 4.40 Å². The molecule has 2 nitrogen and oxygen atoms in total. The quantitative estimate of drug-likeness (QED) is 0.123. The van der Waals surface area contributed by atoms with Gasteiger partial charge in [-0.2, -0.15) is 0 Å². The summed E-state index contributed by atoms with van der Waals surface area (Å²) in [6.45, 7) is 6.98. The predicted molar refractivity (Wildman–Crippen MR) is 160 cm³/mol. The molecule has 186 valence electrons. The van der Waals surface area contributed by atoms with E-state index in [9.17, 15) is 0 Å². The molecule has 2 heteroatoms. The Balaban J connectivity index is 1.63. The minimum Gasteiger partial charge on any atom is -0.307 e. The summed E-state index contributed by atoms with van der Waals surface area (Å²) in [6, 6.07) is 21.0. The lowest BCUT2D eigenvalue weighted by Crippen LogP contribution is -2.29. The van der Waals surface area contributed by atoms with E-state index in [4.69, 9.17) is 0 Å². The highest BCUT2D eigenvalue weighted by Crippen LogP contribution is 2.56. The van der Waals surface area contributed by atoms with Crippen molar-refractivity contribution in [2.24, 2.45) is 18.9 Å². The molecule has 0 saturated heterocycles. The van der Waals surface area contributed by atoms with Crippen LogP contribution >= 0.6 is 0 Å². The van der Waals surface area contributed by atoms with Gasteiger partial charge in [0.05, 0.1) is 27.3 Å². The van der Waals surface area contributed by atoms with Gasteiger partial charge < -0.3 is 4.40 Å². The highest BCUT2D eigenvalue weighted by molar-refractivity contribution is 6.29. The summed E-state index contributed by atoms with van der Waals surface area (Å²) in [7, 11) is 2.24. The Bertz CT molecular complexity index is 2140. The van der Waals surface area contributed by atoms with Gasteiger partial charge in [0.1, 0.15) is 7.05 Å². The maximum atomic E-state index is 2.67. The molecule has 38 heavy (non-hydrogen) atoms. The van der Waals surface area contributed by atoms with Gasteiger partial charge >= 0.3 is 0 Å². The van der Waals surface area contributed by atoms with Crippen LogP contribution in [0.4, 0.5) is 0 Å². The van der Waals surface area contributed by atoms with Crippen LogP contribution in [0, 0.1) is 32.6 Å². The lowest BCUT2D eigenvalue weighted by Gasteiger charge is -2.24. The molecule has 2 aliphatic carbocycles. The lowest BCUT2D eigenvalue weighted by atomic mass is 9.80. The van der Waals surface area contributed by atoms with Crippen molar-refractivity contribution < 1.29 is 4.57 Å². The second-order valence-electron chi connectivity index (χ2n) is 12.5. The summed E-state index contributed by atoms with van der Waals surface area (Å²) in [4.78, 5) is 0. The number of fused-ring (bicyclic) bond motifs is 9. The molecule has 9 rings (SSSR count). The van der Waals surface area contributed by atoms with Gasteiger partial charge in [-0.3, -0.25) is 0 Å². The van der Waals surface area contributed by atoms with Crippen LogP contribution in [0.15, 0.2) is 60.8 Å². The number of hydrogen-bond acceptors (Lipinski definition) is 0. The Labute approximate surface area is 222 Å². The first-order valence-corrected chi connectivity index (χ1v) is 14.4. The first kappa shape index (κ1) is 21.3. The molecule has 2 aliphatic rings. The molecule has 0 amide bonds. The fraction of sp³-hybridized carbons (Fsp3) is 0.306. The van der Waals surface area contributed by atoms with Crippen molar-refractivity contribution in [3.05, 3.63) is 83.0 Å².